The van der Waals surface area contributed by atoms with Crippen molar-refractivity contribution in [3.05, 3.63) is 59.9 Å². The molecule has 0 fully saturated rings. The topological polar surface area (TPSA) is 83.5 Å². The molecular formula is C17H17ClF3NO3. The fourth-order valence-electron chi connectivity index (χ4n) is 2.34. The Bertz CT molecular complexity index is 728. The third kappa shape index (κ3) is 4.50. The summed E-state index contributed by atoms with van der Waals surface area (Å²) in [6.45, 7) is 0. The molecule has 4 N–H and O–H groups in total. The SMILES string of the molecule is Cl.NC(Cc1cccc(-c2ccccc2)c1F)C(O)C(F)(F)C(=O)O. The van der Waals surface area contributed by atoms with Gasteiger partial charge in [-0.25, -0.2) is 9.18 Å². The summed E-state index contributed by atoms with van der Waals surface area (Å²) < 4.78 is 41.2. The van der Waals surface area contributed by atoms with Crippen LogP contribution in [0.25, 0.3) is 11.1 Å². The average molecular weight is 376 g/mol. The number of aliphatic carboxylic acids is 1. The lowest BCUT2D eigenvalue weighted by Crippen LogP contribution is -2.52. The highest BCUT2D eigenvalue weighted by Gasteiger charge is 2.49. The molecule has 0 bridgehead atoms. The number of alkyl halides is 2. The van der Waals surface area contributed by atoms with E-state index in [1.54, 1.807) is 30.3 Å². The Hall–Kier alpha value is -2.09. The number of hydrogen-bond donors (Lipinski definition) is 3. The monoisotopic (exact) mass is 375 g/mol. The number of rotatable bonds is 6. The number of carboxylic acid groups (broad SMARTS) is 1. The summed E-state index contributed by atoms with van der Waals surface area (Å²) >= 11 is 0. The van der Waals surface area contributed by atoms with Crippen LogP contribution in [0.3, 0.4) is 0 Å². The largest absolute Gasteiger partial charge is 0.477 e. The molecule has 4 nitrogen and oxygen atoms in total. The average Bonchev–Trinajstić information content (AvgIpc) is 2.56. The molecule has 0 aliphatic heterocycles. The summed E-state index contributed by atoms with van der Waals surface area (Å²) in [7, 11) is 0. The lowest BCUT2D eigenvalue weighted by Gasteiger charge is -2.24. The molecule has 0 amide bonds. The number of hydrogen-bond acceptors (Lipinski definition) is 3. The predicted octanol–water partition coefficient (Wildman–Crippen LogP) is 2.87. The molecule has 0 spiro atoms. The van der Waals surface area contributed by atoms with E-state index in [-0.39, 0.29) is 23.5 Å². The minimum absolute atomic E-state index is 0. The third-order valence-corrected chi connectivity index (χ3v) is 3.68. The zero-order valence-corrected chi connectivity index (χ0v) is 13.7. The maximum absolute atomic E-state index is 14.6. The minimum atomic E-state index is -4.41. The number of carbonyl (C=O) groups is 1. The molecule has 2 aromatic rings. The van der Waals surface area contributed by atoms with Crippen molar-refractivity contribution in [1.82, 2.24) is 0 Å². The van der Waals surface area contributed by atoms with Crippen molar-refractivity contribution in [2.45, 2.75) is 24.5 Å². The third-order valence-electron chi connectivity index (χ3n) is 3.68. The van der Waals surface area contributed by atoms with Gasteiger partial charge in [0, 0.05) is 11.6 Å². The van der Waals surface area contributed by atoms with Crippen molar-refractivity contribution < 1.29 is 28.2 Å². The van der Waals surface area contributed by atoms with E-state index >= 15 is 0 Å². The van der Waals surface area contributed by atoms with E-state index in [1.165, 1.54) is 18.2 Å². The van der Waals surface area contributed by atoms with Gasteiger partial charge in [-0.15, -0.1) is 12.4 Å². The van der Waals surface area contributed by atoms with Crippen LogP contribution in [0.5, 0.6) is 0 Å². The maximum Gasteiger partial charge on any atom is 0.377 e. The first kappa shape index (κ1) is 21.0. The van der Waals surface area contributed by atoms with Gasteiger partial charge in [0.15, 0.2) is 0 Å². The lowest BCUT2D eigenvalue weighted by atomic mass is 9.95. The molecule has 0 aliphatic rings. The quantitative estimate of drug-likeness (QED) is 0.725. The first-order valence-corrected chi connectivity index (χ1v) is 7.12. The second kappa shape index (κ2) is 8.33. The van der Waals surface area contributed by atoms with E-state index in [0.29, 0.717) is 5.56 Å². The van der Waals surface area contributed by atoms with Gasteiger partial charge in [0.05, 0.1) is 0 Å². The molecule has 0 aliphatic carbocycles. The summed E-state index contributed by atoms with van der Waals surface area (Å²) in [6.07, 6.45) is -3.06. The van der Waals surface area contributed by atoms with Crippen molar-refractivity contribution in [1.29, 1.82) is 0 Å². The van der Waals surface area contributed by atoms with Crippen LogP contribution in [0.4, 0.5) is 13.2 Å². The van der Waals surface area contributed by atoms with E-state index in [0.717, 1.165) is 0 Å². The van der Waals surface area contributed by atoms with Crippen molar-refractivity contribution in [2.75, 3.05) is 0 Å². The second-order valence-electron chi connectivity index (χ2n) is 5.39. The molecule has 0 saturated carbocycles. The summed E-state index contributed by atoms with van der Waals surface area (Å²) in [6, 6.07) is 11.4. The first-order valence-electron chi connectivity index (χ1n) is 7.12. The zero-order chi connectivity index (χ0) is 17.9. The van der Waals surface area contributed by atoms with Crippen LogP contribution >= 0.6 is 12.4 Å². The van der Waals surface area contributed by atoms with Gasteiger partial charge in [-0.05, 0) is 17.5 Å². The van der Waals surface area contributed by atoms with Crippen LogP contribution < -0.4 is 5.73 Å². The highest BCUT2D eigenvalue weighted by atomic mass is 35.5. The number of nitrogens with two attached hydrogens (primary N) is 1. The van der Waals surface area contributed by atoms with Gasteiger partial charge in [-0.2, -0.15) is 8.78 Å². The highest BCUT2D eigenvalue weighted by Crippen LogP contribution is 2.27. The van der Waals surface area contributed by atoms with E-state index in [9.17, 15) is 23.1 Å². The maximum atomic E-state index is 14.6. The second-order valence-corrected chi connectivity index (χ2v) is 5.39. The van der Waals surface area contributed by atoms with Gasteiger partial charge in [0.1, 0.15) is 11.9 Å². The summed E-state index contributed by atoms with van der Waals surface area (Å²) in [5.41, 5.74) is 6.35. The fourth-order valence-corrected chi connectivity index (χ4v) is 2.34. The van der Waals surface area contributed by atoms with Crippen LogP contribution in [0, 0.1) is 5.82 Å². The minimum Gasteiger partial charge on any atom is -0.477 e. The molecule has 0 aromatic heterocycles. The van der Waals surface area contributed by atoms with E-state index in [1.807, 2.05) is 0 Å². The molecular weight excluding hydrogens is 359 g/mol. The first-order chi connectivity index (χ1) is 11.2. The van der Waals surface area contributed by atoms with E-state index in [2.05, 4.69) is 0 Å². The fraction of sp³-hybridized carbons (Fsp3) is 0.235. The van der Waals surface area contributed by atoms with Crippen molar-refractivity contribution in [3.63, 3.8) is 0 Å². The van der Waals surface area contributed by atoms with Gasteiger partial charge in [0.2, 0.25) is 0 Å². The summed E-state index contributed by atoms with van der Waals surface area (Å²) in [5, 5.41) is 17.9. The molecule has 2 aromatic carbocycles. The van der Waals surface area contributed by atoms with Crippen LogP contribution in [0.15, 0.2) is 48.5 Å². The number of halogens is 4. The number of aliphatic hydroxyl groups is 1. The standard InChI is InChI=1S/C17H16F3NO3.ClH/c18-14-11(9-13(21)15(22)17(19,20)16(23)24)7-4-8-12(14)10-5-2-1-3-6-10;/h1-8,13,15,22H,9,21H2,(H,23,24);1H. The van der Waals surface area contributed by atoms with E-state index in [4.69, 9.17) is 10.8 Å². The van der Waals surface area contributed by atoms with E-state index < -0.39 is 36.3 Å². The summed E-state index contributed by atoms with van der Waals surface area (Å²) in [4.78, 5) is 10.5. The zero-order valence-electron chi connectivity index (χ0n) is 12.9. The Morgan fingerprint density at radius 1 is 1.12 bits per heavy atom. The molecule has 0 heterocycles. The molecule has 25 heavy (non-hydrogen) atoms. The molecule has 8 heteroatoms. The molecule has 2 rings (SSSR count). The number of carboxylic acids is 1. The Labute approximate surface area is 148 Å². The van der Waals surface area contributed by atoms with Crippen LogP contribution in [0.1, 0.15) is 5.56 Å². The Morgan fingerprint density at radius 2 is 1.72 bits per heavy atom. The lowest BCUT2D eigenvalue weighted by molar-refractivity contribution is -0.184. The van der Waals surface area contributed by atoms with Crippen molar-refractivity contribution in [2.24, 2.45) is 5.73 Å². The highest BCUT2D eigenvalue weighted by molar-refractivity contribution is 5.85. The Balaban J connectivity index is 0.00000312. The van der Waals surface area contributed by atoms with Gasteiger partial charge in [0.25, 0.3) is 0 Å². The number of benzene rings is 2. The smallest absolute Gasteiger partial charge is 0.377 e. The molecule has 2 atom stereocenters. The molecule has 136 valence electrons. The Morgan fingerprint density at radius 3 is 2.28 bits per heavy atom. The van der Waals surface area contributed by atoms with Crippen LogP contribution in [0.2, 0.25) is 0 Å². The van der Waals surface area contributed by atoms with Crippen molar-refractivity contribution in [3.8, 4) is 11.1 Å². The normalized spacial score (nSPS) is 13.6. The van der Waals surface area contributed by atoms with Gasteiger partial charge in [-0.3, -0.25) is 0 Å². The van der Waals surface area contributed by atoms with Gasteiger partial charge < -0.3 is 15.9 Å². The van der Waals surface area contributed by atoms with Crippen molar-refractivity contribution >= 4 is 18.4 Å². The van der Waals surface area contributed by atoms with Gasteiger partial charge >= 0.3 is 11.9 Å². The number of aliphatic hydroxyl groups excluding tert-OH is 1. The summed E-state index contributed by atoms with van der Waals surface area (Å²) in [5.74, 6) is -7.54. The predicted molar refractivity (Wildman–Crippen MR) is 89.4 cm³/mol. The van der Waals surface area contributed by atoms with Gasteiger partial charge in [-0.1, -0.05) is 48.5 Å². The molecule has 0 saturated heterocycles. The molecule has 2 unspecified atom stereocenters. The van der Waals surface area contributed by atoms with Crippen LogP contribution in [-0.2, 0) is 11.2 Å². The molecule has 0 radical (unpaired) electrons. The van der Waals surface area contributed by atoms with Crippen LogP contribution in [-0.4, -0.2) is 34.3 Å². The Kier molecular flexibility index (Phi) is 6.98.